The van der Waals surface area contributed by atoms with E-state index >= 15 is 0 Å². The smallest absolute Gasteiger partial charge is 0.338 e. The maximum atomic E-state index is 10.8. The second-order valence-corrected chi connectivity index (χ2v) is 2.30. The largest absolute Gasteiger partial charge is 0.478 e. The molecular weight excluding hydrogens is 200 g/mol. The first-order valence-electron chi connectivity index (χ1n) is 4.02. The molecule has 15 heavy (non-hydrogen) atoms. The van der Waals surface area contributed by atoms with Crippen LogP contribution in [0.4, 0.5) is 0 Å². The lowest BCUT2D eigenvalue weighted by atomic mass is 10.4. The fourth-order valence-corrected chi connectivity index (χ4v) is 0.552. The van der Waals surface area contributed by atoms with Gasteiger partial charge in [0.15, 0.2) is 0 Å². The van der Waals surface area contributed by atoms with Gasteiger partial charge < -0.3 is 9.84 Å². The Morgan fingerprint density at radius 2 is 1.60 bits per heavy atom. The number of rotatable bonds is 4. The van der Waals surface area contributed by atoms with Crippen LogP contribution in [-0.2, 0) is 19.1 Å². The molecular formula is C10H10O5. The number of esters is 2. The molecule has 0 saturated heterocycles. The first-order chi connectivity index (χ1) is 7.06. The average Bonchev–Trinajstić information content (AvgIpc) is 2.15. The molecule has 0 heterocycles. The highest BCUT2D eigenvalue weighted by Gasteiger charge is 2.03. The molecule has 0 atom stereocenters. The number of carboxylic acid groups (broad SMARTS) is 1. The van der Waals surface area contributed by atoms with Gasteiger partial charge in [-0.25, -0.2) is 14.4 Å². The minimum absolute atomic E-state index is 0.589. The highest BCUT2D eigenvalue weighted by atomic mass is 16.6. The SMILES string of the molecule is CC=CC=CC(=O)OC(=O)C=CC(=O)O. The molecule has 0 aromatic carbocycles. The highest BCUT2D eigenvalue weighted by Crippen LogP contribution is 1.87. The van der Waals surface area contributed by atoms with E-state index in [1.807, 2.05) is 0 Å². The summed E-state index contributed by atoms with van der Waals surface area (Å²) in [7, 11) is 0. The predicted octanol–water partition coefficient (Wildman–Crippen LogP) is 0.829. The van der Waals surface area contributed by atoms with Crippen LogP contribution >= 0.6 is 0 Å². The van der Waals surface area contributed by atoms with E-state index in [-0.39, 0.29) is 0 Å². The summed E-state index contributed by atoms with van der Waals surface area (Å²) in [5, 5.41) is 8.17. The van der Waals surface area contributed by atoms with E-state index in [1.54, 1.807) is 19.1 Å². The van der Waals surface area contributed by atoms with Gasteiger partial charge in [0.2, 0.25) is 0 Å². The van der Waals surface area contributed by atoms with Gasteiger partial charge in [0.05, 0.1) is 0 Å². The summed E-state index contributed by atoms with van der Waals surface area (Å²) < 4.78 is 4.20. The normalized spacial score (nSPS) is 11.3. The van der Waals surface area contributed by atoms with E-state index in [0.717, 1.165) is 6.08 Å². The zero-order valence-corrected chi connectivity index (χ0v) is 8.04. The summed E-state index contributed by atoms with van der Waals surface area (Å²) in [6.45, 7) is 1.76. The van der Waals surface area contributed by atoms with Crippen LogP contribution in [0.25, 0.3) is 0 Å². The van der Waals surface area contributed by atoms with Crippen LogP contribution in [0.3, 0.4) is 0 Å². The summed E-state index contributed by atoms with van der Waals surface area (Å²) in [4.78, 5) is 31.6. The zero-order valence-electron chi connectivity index (χ0n) is 8.04. The summed E-state index contributed by atoms with van der Waals surface area (Å²) in [5.74, 6) is -3.16. The van der Waals surface area contributed by atoms with Crippen molar-refractivity contribution in [2.24, 2.45) is 0 Å². The van der Waals surface area contributed by atoms with Crippen molar-refractivity contribution < 1.29 is 24.2 Å². The van der Waals surface area contributed by atoms with E-state index in [1.165, 1.54) is 6.08 Å². The Balaban J connectivity index is 4.08. The Morgan fingerprint density at radius 1 is 1.00 bits per heavy atom. The first-order valence-corrected chi connectivity index (χ1v) is 4.02. The molecule has 5 heteroatoms. The number of hydrogen-bond acceptors (Lipinski definition) is 4. The lowest BCUT2D eigenvalue weighted by molar-refractivity contribution is -0.152. The van der Waals surface area contributed by atoms with Crippen molar-refractivity contribution in [1.82, 2.24) is 0 Å². The van der Waals surface area contributed by atoms with E-state index in [2.05, 4.69) is 4.74 Å². The fraction of sp³-hybridized carbons (Fsp3) is 0.100. The van der Waals surface area contributed by atoms with Gasteiger partial charge in [-0.05, 0) is 6.92 Å². The molecule has 0 unspecified atom stereocenters. The third-order valence-corrected chi connectivity index (χ3v) is 1.10. The van der Waals surface area contributed by atoms with Gasteiger partial charge in [-0.1, -0.05) is 18.2 Å². The monoisotopic (exact) mass is 210 g/mol. The van der Waals surface area contributed by atoms with E-state index < -0.39 is 17.9 Å². The molecule has 80 valence electrons. The minimum atomic E-state index is -1.29. The molecule has 0 fully saturated rings. The van der Waals surface area contributed by atoms with Crippen LogP contribution < -0.4 is 0 Å². The van der Waals surface area contributed by atoms with Gasteiger partial charge >= 0.3 is 17.9 Å². The van der Waals surface area contributed by atoms with Gasteiger partial charge in [0.1, 0.15) is 0 Å². The van der Waals surface area contributed by atoms with Crippen molar-refractivity contribution in [2.75, 3.05) is 0 Å². The molecule has 0 spiro atoms. The molecule has 1 N–H and O–H groups in total. The van der Waals surface area contributed by atoms with Crippen LogP contribution in [0, 0.1) is 0 Å². The third-order valence-electron chi connectivity index (χ3n) is 1.10. The lowest BCUT2D eigenvalue weighted by Gasteiger charge is -1.92. The standard InChI is InChI=1S/C10H10O5/c1-2-3-4-5-9(13)15-10(14)7-6-8(11)12/h2-7H,1H3,(H,11,12). The molecule has 0 aromatic rings. The number of carbonyl (C=O) groups excluding carboxylic acids is 2. The van der Waals surface area contributed by atoms with Crippen LogP contribution in [0.15, 0.2) is 36.5 Å². The van der Waals surface area contributed by atoms with Gasteiger partial charge in [-0.2, -0.15) is 0 Å². The van der Waals surface area contributed by atoms with Crippen LogP contribution in [0.5, 0.6) is 0 Å². The van der Waals surface area contributed by atoms with E-state index in [0.29, 0.717) is 12.2 Å². The predicted molar refractivity (Wildman–Crippen MR) is 51.8 cm³/mol. The maximum absolute atomic E-state index is 10.8. The Hall–Kier alpha value is -2.17. The maximum Gasteiger partial charge on any atom is 0.338 e. The lowest BCUT2D eigenvalue weighted by Crippen LogP contribution is -2.07. The second kappa shape index (κ2) is 7.25. The molecule has 0 aliphatic carbocycles. The number of aliphatic carboxylic acids is 1. The first kappa shape index (κ1) is 12.8. The number of carboxylic acids is 1. The van der Waals surface area contributed by atoms with Crippen molar-refractivity contribution in [3.05, 3.63) is 36.5 Å². The van der Waals surface area contributed by atoms with E-state index in [4.69, 9.17) is 5.11 Å². The molecule has 0 rings (SSSR count). The molecule has 0 aromatic heterocycles. The van der Waals surface area contributed by atoms with Gasteiger partial charge in [-0.15, -0.1) is 0 Å². The molecule has 0 amide bonds. The summed E-state index contributed by atoms with van der Waals surface area (Å²) >= 11 is 0. The van der Waals surface area contributed by atoms with E-state index in [9.17, 15) is 14.4 Å². The second-order valence-electron chi connectivity index (χ2n) is 2.30. The summed E-state index contributed by atoms with van der Waals surface area (Å²) in [6, 6.07) is 0. The Kier molecular flexibility index (Phi) is 6.20. The topological polar surface area (TPSA) is 80.7 Å². The Labute approximate surface area is 86.3 Å². The van der Waals surface area contributed by atoms with Crippen LogP contribution in [-0.4, -0.2) is 23.0 Å². The van der Waals surface area contributed by atoms with Crippen molar-refractivity contribution in [2.45, 2.75) is 6.92 Å². The minimum Gasteiger partial charge on any atom is -0.478 e. The van der Waals surface area contributed by atoms with Crippen molar-refractivity contribution >= 4 is 17.9 Å². The number of allylic oxidation sites excluding steroid dienone is 3. The zero-order chi connectivity index (χ0) is 11.7. The molecule has 5 nitrogen and oxygen atoms in total. The fourth-order valence-electron chi connectivity index (χ4n) is 0.552. The number of ether oxygens (including phenoxy) is 1. The molecule has 0 aliphatic rings. The van der Waals surface area contributed by atoms with Crippen molar-refractivity contribution in [1.29, 1.82) is 0 Å². The van der Waals surface area contributed by atoms with Crippen LogP contribution in [0.2, 0.25) is 0 Å². The molecule has 0 radical (unpaired) electrons. The molecule has 0 aliphatic heterocycles. The Bertz CT molecular complexity index is 336. The average molecular weight is 210 g/mol. The number of hydrogen-bond donors (Lipinski definition) is 1. The van der Waals surface area contributed by atoms with Gasteiger partial charge in [0.25, 0.3) is 0 Å². The molecule has 0 bridgehead atoms. The third kappa shape index (κ3) is 8.17. The summed E-state index contributed by atoms with van der Waals surface area (Å²) in [6.07, 6.45) is 6.97. The van der Waals surface area contributed by atoms with Crippen LogP contribution in [0.1, 0.15) is 6.92 Å². The van der Waals surface area contributed by atoms with Gasteiger partial charge in [0, 0.05) is 18.2 Å². The van der Waals surface area contributed by atoms with Crippen molar-refractivity contribution in [3.8, 4) is 0 Å². The van der Waals surface area contributed by atoms with Gasteiger partial charge in [-0.3, -0.25) is 0 Å². The van der Waals surface area contributed by atoms with Crippen molar-refractivity contribution in [3.63, 3.8) is 0 Å². The quantitative estimate of drug-likeness (QED) is 0.321. The highest BCUT2D eigenvalue weighted by molar-refractivity contribution is 5.98. The number of carbonyl (C=O) groups is 3. The summed E-state index contributed by atoms with van der Waals surface area (Å²) in [5.41, 5.74) is 0. The Morgan fingerprint density at radius 3 is 2.13 bits per heavy atom. The molecule has 0 saturated carbocycles.